The number of fused-ring (bicyclic) bond motifs is 3. The summed E-state index contributed by atoms with van der Waals surface area (Å²) in [7, 11) is 0. The number of carboxylic acid groups (broad SMARTS) is 1. The van der Waals surface area contributed by atoms with Crippen LogP contribution in [0.15, 0.2) is 18.3 Å². The highest BCUT2D eigenvalue weighted by molar-refractivity contribution is 6.09. The van der Waals surface area contributed by atoms with E-state index in [9.17, 15) is 9.90 Å². The zero-order valence-electron chi connectivity index (χ0n) is 12.5. The van der Waals surface area contributed by atoms with Crippen LogP contribution in [-0.2, 0) is 0 Å². The second-order valence-electron chi connectivity index (χ2n) is 5.39. The standard InChI is InChI=1S/C17H16N2O2/c1-8-9(2)13-10(3)11(4)14(17(20)21)19-16(13)15-12(8)6-5-7-18-15/h5-7H,1-4H3,(H,20,21). The third kappa shape index (κ3) is 1.79. The van der Waals surface area contributed by atoms with E-state index in [1.165, 1.54) is 0 Å². The van der Waals surface area contributed by atoms with E-state index in [-0.39, 0.29) is 5.69 Å². The molecule has 1 N–H and O–H groups in total. The maximum absolute atomic E-state index is 11.4. The lowest BCUT2D eigenvalue weighted by molar-refractivity contribution is 0.0690. The number of pyridine rings is 2. The Labute approximate surface area is 122 Å². The quantitative estimate of drug-likeness (QED) is 0.690. The van der Waals surface area contributed by atoms with Crippen molar-refractivity contribution in [1.82, 2.24) is 9.97 Å². The highest BCUT2D eigenvalue weighted by atomic mass is 16.4. The van der Waals surface area contributed by atoms with Crippen LogP contribution in [0.5, 0.6) is 0 Å². The van der Waals surface area contributed by atoms with E-state index in [2.05, 4.69) is 23.8 Å². The average molecular weight is 280 g/mol. The summed E-state index contributed by atoms with van der Waals surface area (Å²) in [6, 6.07) is 3.89. The van der Waals surface area contributed by atoms with Gasteiger partial charge in [0.25, 0.3) is 0 Å². The minimum Gasteiger partial charge on any atom is -0.477 e. The predicted octanol–water partition coefficient (Wildman–Crippen LogP) is 3.71. The first-order chi connectivity index (χ1) is 9.93. The van der Waals surface area contributed by atoms with Crippen molar-refractivity contribution in [2.75, 3.05) is 0 Å². The van der Waals surface area contributed by atoms with Crippen molar-refractivity contribution in [1.29, 1.82) is 0 Å². The molecule has 0 aliphatic carbocycles. The van der Waals surface area contributed by atoms with E-state index in [0.29, 0.717) is 11.1 Å². The Hall–Kier alpha value is -2.49. The molecule has 2 heterocycles. The molecule has 0 radical (unpaired) electrons. The molecule has 0 saturated heterocycles. The van der Waals surface area contributed by atoms with Crippen molar-refractivity contribution < 1.29 is 9.90 Å². The summed E-state index contributed by atoms with van der Waals surface area (Å²) in [6.07, 6.45) is 1.72. The molecule has 0 aliphatic heterocycles. The number of nitrogens with zero attached hydrogens (tertiary/aromatic N) is 2. The van der Waals surface area contributed by atoms with Crippen LogP contribution >= 0.6 is 0 Å². The second-order valence-corrected chi connectivity index (χ2v) is 5.39. The van der Waals surface area contributed by atoms with Gasteiger partial charge in [-0.25, -0.2) is 9.78 Å². The van der Waals surface area contributed by atoms with Crippen LogP contribution in [0.25, 0.3) is 21.8 Å². The van der Waals surface area contributed by atoms with Crippen LogP contribution < -0.4 is 0 Å². The van der Waals surface area contributed by atoms with E-state index >= 15 is 0 Å². The molecule has 0 atom stereocenters. The van der Waals surface area contributed by atoms with Gasteiger partial charge in [-0.15, -0.1) is 0 Å². The fourth-order valence-corrected chi connectivity index (χ4v) is 2.92. The number of benzene rings is 1. The molecule has 21 heavy (non-hydrogen) atoms. The first kappa shape index (κ1) is 13.5. The smallest absolute Gasteiger partial charge is 0.354 e. The normalized spacial score (nSPS) is 11.2. The number of carbonyl (C=O) groups is 1. The van der Waals surface area contributed by atoms with Gasteiger partial charge in [0.1, 0.15) is 0 Å². The van der Waals surface area contributed by atoms with Crippen LogP contribution in [0.3, 0.4) is 0 Å². The summed E-state index contributed by atoms with van der Waals surface area (Å²) in [5, 5.41) is 11.4. The summed E-state index contributed by atoms with van der Waals surface area (Å²) in [5.41, 5.74) is 5.53. The monoisotopic (exact) mass is 280 g/mol. The van der Waals surface area contributed by atoms with Gasteiger partial charge in [-0.2, -0.15) is 0 Å². The Morgan fingerprint density at radius 2 is 1.67 bits per heavy atom. The number of aryl methyl sites for hydroxylation is 3. The first-order valence-corrected chi connectivity index (χ1v) is 6.81. The van der Waals surface area contributed by atoms with Gasteiger partial charge >= 0.3 is 5.97 Å². The van der Waals surface area contributed by atoms with Crippen molar-refractivity contribution in [3.63, 3.8) is 0 Å². The molecular weight excluding hydrogens is 264 g/mol. The number of carboxylic acids is 1. The fourth-order valence-electron chi connectivity index (χ4n) is 2.92. The fraction of sp³-hybridized carbons (Fsp3) is 0.235. The molecule has 1 aromatic carbocycles. The molecule has 0 saturated carbocycles. The summed E-state index contributed by atoms with van der Waals surface area (Å²) < 4.78 is 0. The molecule has 0 spiro atoms. The lowest BCUT2D eigenvalue weighted by Crippen LogP contribution is -2.07. The highest BCUT2D eigenvalue weighted by Crippen LogP contribution is 2.33. The Morgan fingerprint density at radius 1 is 1.00 bits per heavy atom. The van der Waals surface area contributed by atoms with Crippen molar-refractivity contribution in [3.8, 4) is 0 Å². The van der Waals surface area contributed by atoms with Gasteiger partial charge in [-0.1, -0.05) is 6.07 Å². The Kier molecular flexibility index (Phi) is 2.90. The van der Waals surface area contributed by atoms with Gasteiger partial charge in [0, 0.05) is 17.0 Å². The average Bonchev–Trinajstić information content (AvgIpc) is 2.47. The summed E-state index contributed by atoms with van der Waals surface area (Å²) >= 11 is 0. The van der Waals surface area contributed by atoms with E-state index < -0.39 is 5.97 Å². The van der Waals surface area contributed by atoms with Crippen LogP contribution in [0.2, 0.25) is 0 Å². The lowest BCUT2D eigenvalue weighted by atomic mass is 9.93. The van der Waals surface area contributed by atoms with Crippen LogP contribution in [-0.4, -0.2) is 21.0 Å². The Morgan fingerprint density at radius 3 is 2.33 bits per heavy atom. The molecule has 4 nitrogen and oxygen atoms in total. The maximum Gasteiger partial charge on any atom is 0.354 e. The summed E-state index contributed by atoms with van der Waals surface area (Å²) in [6.45, 7) is 7.88. The van der Waals surface area contributed by atoms with Crippen LogP contribution in [0.1, 0.15) is 32.7 Å². The third-order valence-corrected chi connectivity index (χ3v) is 4.33. The van der Waals surface area contributed by atoms with Crippen molar-refractivity contribution in [2.24, 2.45) is 0 Å². The molecule has 106 valence electrons. The van der Waals surface area contributed by atoms with Gasteiger partial charge in [0.05, 0.1) is 11.0 Å². The van der Waals surface area contributed by atoms with E-state index in [1.54, 1.807) is 6.20 Å². The number of aromatic carboxylic acids is 1. The Balaban J connectivity index is 2.66. The number of hydrogen-bond donors (Lipinski definition) is 1. The molecular formula is C17H16N2O2. The molecule has 0 fully saturated rings. The van der Waals surface area contributed by atoms with Crippen molar-refractivity contribution in [3.05, 3.63) is 46.3 Å². The zero-order chi connectivity index (χ0) is 15.3. The molecule has 0 amide bonds. The SMILES string of the molecule is Cc1c(C(=O)O)nc2c(c1C)c(C)c(C)c1cccnc12. The topological polar surface area (TPSA) is 63.1 Å². The molecule has 0 unspecified atom stereocenters. The van der Waals surface area contributed by atoms with Crippen molar-refractivity contribution >= 4 is 27.8 Å². The zero-order valence-corrected chi connectivity index (χ0v) is 12.5. The molecule has 0 bridgehead atoms. The van der Waals surface area contributed by atoms with E-state index in [1.807, 2.05) is 26.0 Å². The van der Waals surface area contributed by atoms with Gasteiger partial charge < -0.3 is 5.11 Å². The van der Waals surface area contributed by atoms with Gasteiger partial charge in [-0.3, -0.25) is 4.98 Å². The largest absolute Gasteiger partial charge is 0.477 e. The van der Waals surface area contributed by atoms with Gasteiger partial charge in [-0.05, 0) is 56.0 Å². The van der Waals surface area contributed by atoms with Gasteiger partial charge in [0.2, 0.25) is 0 Å². The van der Waals surface area contributed by atoms with Crippen molar-refractivity contribution in [2.45, 2.75) is 27.7 Å². The molecule has 3 aromatic rings. The molecule has 2 aromatic heterocycles. The van der Waals surface area contributed by atoms with Crippen LogP contribution in [0, 0.1) is 27.7 Å². The van der Waals surface area contributed by atoms with Gasteiger partial charge in [0.15, 0.2) is 5.69 Å². The predicted molar refractivity (Wildman–Crippen MR) is 83.0 cm³/mol. The van der Waals surface area contributed by atoms with Crippen LogP contribution in [0.4, 0.5) is 0 Å². The molecule has 3 rings (SSSR count). The number of rotatable bonds is 1. The molecule has 0 aliphatic rings. The van der Waals surface area contributed by atoms with E-state index in [4.69, 9.17) is 0 Å². The third-order valence-electron chi connectivity index (χ3n) is 4.33. The number of aromatic nitrogens is 2. The maximum atomic E-state index is 11.4. The number of hydrogen-bond acceptors (Lipinski definition) is 3. The summed E-state index contributed by atoms with van der Waals surface area (Å²) in [4.78, 5) is 20.3. The Bertz CT molecular complexity index is 914. The lowest BCUT2D eigenvalue weighted by Gasteiger charge is -2.15. The molecule has 4 heteroatoms. The first-order valence-electron chi connectivity index (χ1n) is 6.81. The minimum absolute atomic E-state index is 0.107. The summed E-state index contributed by atoms with van der Waals surface area (Å²) in [5.74, 6) is -1.00. The highest BCUT2D eigenvalue weighted by Gasteiger charge is 2.19. The minimum atomic E-state index is -1.00. The second kappa shape index (κ2) is 4.52. The van der Waals surface area contributed by atoms with E-state index in [0.717, 1.165) is 33.0 Å².